The standard InChI is InChI=1S/C39H25N3S/c1-39(2)28-14-7-5-12-24(28)26-20-27-32(21-29(26)39)42(31-19-18-22-10-3-4-11-23(22)35(27)31)38-40-30-15-9-17-34-36(30)37(41-38)25-13-6-8-16-33(25)43-34/h3-21H,1-2H3. The van der Waals surface area contributed by atoms with E-state index in [1.165, 1.54) is 59.2 Å². The number of hydrogen-bond acceptors (Lipinski definition) is 3. The van der Waals surface area contributed by atoms with Crippen molar-refractivity contribution in [3.8, 4) is 28.3 Å². The first kappa shape index (κ1) is 23.6. The second kappa shape index (κ2) is 8.12. The fourth-order valence-corrected chi connectivity index (χ4v) is 8.69. The molecule has 0 fully saturated rings. The fourth-order valence-electron chi connectivity index (χ4n) is 7.59. The lowest BCUT2D eigenvalue weighted by molar-refractivity contribution is 0.661. The summed E-state index contributed by atoms with van der Waals surface area (Å²) in [5.41, 5.74) is 10.7. The first-order valence-electron chi connectivity index (χ1n) is 14.8. The zero-order valence-electron chi connectivity index (χ0n) is 23.7. The number of fused-ring (bicyclic) bond motifs is 10. The normalized spacial score (nSPS) is 14.4. The average molecular weight is 568 g/mol. The van der Waals surface area contributed by atoms with Crippen molar-refractivity contribution in [1.29, 1.82) is 0 Å². The summed E-state index contributed by atoms with van der Waals surface area (Å²) in [7, 11) is 0. The van der Waals surface area contributed by atoms with Gasteiger partial charge in [-0.15, -0.1) is 0 Å². The summed E-state index contributed by atoms with van der Waals surface area (Å²) in [6, 6.07) is 41.9. The third-order valence-corrected chi connectivity index (χ3v) is 10.7. The lowest BCUT2D eigenvalue weighted by Gasteiger charge is -2.22. The van der Waals surface area contributed by atoms with Crippen molar-refractivity contribution in [3.05, 3.63) is 126 Å². The minimum atomic E-state index is -0.106. The number of aromatic nitrogens is 3. The Hall–Kier alpha value is -4.93. The van der Waals surface area contributed by atoms with Crippen LogP contribution in [0.3, 0.4) is 0 Å². The topological polar surface area (TPSA) is 30.7 Å². The summed E-state index contributed by atoms with van der Waals surface area (Å²) in [4.78, 5) is 13.1. The highest BCUT2D eigenvalue weighted by Gasteiger charge is 2.36. The minimum absolute atomic E-state index is 0.106. The van der Waals surface area contributed by atoms with Crippen LogP contribution >= 0.6 is 11.8 Å². The van der Waals surface area contributed by atoms with E-state index in [2.05, 4.69) is 134 Å². The number of hydrogen-bond donors (Lipinski definition) is 0. The van der Waals surface area contributed by atoms with E-state index in [1.807, 2.05) is 0 Å². The highest BCUT2D eigenvalue weighted by Crippen LogP contribution is 2.52. The van der Waals surface area contributed by atoms with Crippen LogP contribution in [0.25, 0.3) is 71.8 Å². The van der Waals surface area contributed by atoms with E-state index < -0.39 is 0 Å². The first-order valence-corrected chi connectivity index (χ1v) is 15.6. The van der Waals surface area contributed by atoms with Crippen LogP contribution in [0.4, 0.5) is 0 Å². The van der Waals surface area contributed by atoms with Crippen molar-refractivity contribution in [3.63, 3.8) is 0 Å². The molecule has 0 saturated carbocycles. The van der Waals surface area contributed by atoms with E-state index in [-0.39, 0.29) is 5.41 Å². The van der Waals surface area contributed by atoms with Gasteiger partial charge in [0.1, 0.15) is 0 Å². The largest absolute Gasteiger partial charge is 0.278 e. The molecule has 1 aliphatic carbocycles. The van der Waals surface area contributed by atoms with E-state index in [1.54, 1.807) is 11.8 Å². The molecule has 3 nitrogen and oxygen atoms in total. The van der Waals surface area contributed by atoms with Gasteiger partial charge in [-0.3, -0.25) is 4.57 Å². The molecule has 2 aromatic heterocycles. The Morgan fingerprint density at radius 1 is 0.581 bits per heavy atom. The highest BCUT2D eigenvalue weighted by molar-refractivity contribution is 7.99. The summed E-state index contributed by atoms with van der Waals surface area (Å²) < 4.78 is 2.31. The molecule has 2 aliphatic rings. The molecule has 43 heavy (non-hydrogen) atoms. The molecular weight excluding hydrogens is 543 g/mol. The Morgan fingerprint density at radius 3 is 2.30 bits per heavy atom. The summed E-state index contributed by atoms with van der Waals surface area (Å²) in [6.45, 7) is 4.69. The molecule has 8 aromatic rings. The molecule has 4 heteroatoms. The van der Waals surface area contributed by atoms with Crippen LogP contribution < -0.4 is 0 Å². The predicted molar refractivity (Wildman–Crippen MR) is 179 cm³/mol. The monoisotopic (exact) mass is 567 g/mol. The van der Waals surface area contributed by atoms with E-state index in [0.29, 0.717) is 5.95 Å². The van der Waals surface area contributed by atoms with Gasteiger partial charge in [-0.1, -0.05) is 104 Å². The van der Waals surface area contributed by atoms with Crippen molar-refractivity contribution >= 4 is 55.2 Å². The van der Waals surface area contributed by atoms with Crippen LogP contribution in [0, 0.1) is 0 Å². The minimum Gasteiger partial charge on any atom is -0.278 e. The van der Waals surface area contributed by atoms with Gasteiger partial charge < -0.3 is 0 Å². The van der Waals surface area contributed by atoms with Crippen molar-refractivity contribution in [2.24, 2.45) is 0 Å². The number of benzene rings is 6. The SMILES string of the molecule is CC1(C)c2ccccc2-c2cc3c4c5ccccc5ccc4n(-c4nc5c6c(cccc6n4)Sc4ccccc4-5)c3cc21. The third-order valence-electron chi connectivity index (χ3n) is 9.59. The third kappa shape index (κ3) is 3.01. The fraction of sp³-hybridized carbons (Fsp3) is 0.0769. The smallest absolute Gasteiger partial charge is 0.235 e. The Balaban J connectivity index is 1.38. The molecule has 0 saturated heterocycles. The molecule has 0 bridgehead atoms. The summed E-state index contributed by atoms with van der Waals surface area (Å²) in [5.74, 6) is 0.713. The molecule has 0 amide bonds. The quantitative estimate of drug-likeness (QED) is 0.198. The van der Waals surface area contributed by atoms with Gasteiger partial charge in [0.15, 0.2) is 0 Å². The predicted octanol–water partition coefficient (Wildman–Crippen LogP) is 10.3. The van der Waals surface area contributed by atoms with Gasteiger partial charge in [0.2, 0.25) is 5.95 Å². The molecule has 10 rings (SSSR count). The lowest BCUT2D eigenvalue weighted by Crippen LogP contribution is -2.15. The molecule has 0 radical (unpaired) electrons. The van der Waals surface area contributed by atoms with Gasteiger partial charge in [-0.25, -0.2) is 9.97 Å². The van der Waals surface area contributed by atoms with E-state index in [0.717, 1.165) is 27.6 Å². The molecule has 6 aromatic carbocycles. The van der Waals surface area contributed by atoms with Crippen molar-refractivity contribution < 1.29 is 0 Å². The van der Waals surface area contributed by atoms with Gasteiger partial charge >= 0.3 is 0 Å². The van der Waals surface area contributed by atoms with E-state index in [4.69, 9.17) is 9.97 Å². The number of rotatable bonds is 1. The van der Waals surface area contributed by atoms with Crippen LogP contribution in [-0.4, -0.2) is 14.5 Å². The summed E-state index contributed by atoms with van der Waals surface area (Å²) in [5, 5.41) is 6.11. The van der Waals surface area contributed by atoms with Crippen molar-refractivity contribution in [1.82, 2.24) is 14.5 Å². The lowest BCUT2D eigenvalue weighted by atomic mass is 9.82. The average Bonchev–Trinajstić information content (AvgIpc) is 3.49. The van der Waals surface area contributed by atoms with Crippen LogP contribution in [0.15, 0.2) is 125 Å². The van der Waals surface area contributed by atoms with Crippen LogP contribution in [-0.2, 0) is 5.41 Å². The number of nitrogens with zero attached hydrogens (tertiary/aromatic N) is 3. The maximum absolute atomic E-state index is 5.40. The summed E-state index contributed by atoms with van der Waals surface area (Å²) in [6.07, 6.45) is 0. The summed E-state index contributed by atoms with van der Waals surface area (Å²) >= 11 is 1.81. The van der Waals surface area contributed by atoms with Crippen LogP contribution in [0.5, 0.6) is 0 Å². The second-order valence-corrected chi connectivity index (χ2v) is 13.3. The van der Waals surface area contributed by atoms with E-state index in [9.17, 15) is 0 Å². The Morgan fingerprint density at radius 2 is 1.37 bits per heavy atom. The Bertz CT molecular complexity index is 2520. The van der Waals surface area contributed by atoms with Crippen LogP contribution in [0.1, 0.15) is 25.0 Å². The first-order chi connectivity index (χ1) is 21.1. The maximum atomic E-state index is 5.40. The molecule has 1 aliphatic heterocycles. The van der Waals surface area contributed by atoms with Crippen molar-refractivity contribution in [2.45, 2.75) is 29.1 Å². The Kier molecular flexibility index (Phi) is 4.46. The van der Waals surface area contributed by atoms with Gasteiger partial charge in [0.05, 0.1) is 22.2 Å². The molecule has 0 spiro atoms. The van der Waals surface area contributed by atoms with Gasteiger partial charge in [0, 0.05) is 36.9 Å². The Labute approximate surface area is 252 Å². The van der Waals surface area contributed by atoms with Gasteiger partial charge in [-0.05, 0) is 69.4 Å². The van der Waals surface area contributed by atoms with Crippen LogP contribution in [0.2, 0.25) is 0 Å². The molecule has 202 valence electrons. The molecule has 3 heterocycles. The highest BCUT2D eigenvalue weighted by atomic mass is 32.2. The van der Waals surface area contributed by atoms with E-state index >= 15 is 0 Å². The molecular formula is C39H25N3S. The zero-order chi connectivity index (χ0) is 28.4. The second-order valence-electron chi connectivity index (χ2n) is 12.2. The molecule has 0 atom stereocenters. The molecule has 0 unspecified atom stereocenters. The van der Waals surface area contributed by atoms with Gasteiger partial charge in [-0.2, -0.15) is 0 Å². The zero-order valence-corrected chi connectivity index (χ0v) is 24.5. The van der Waals surface area contributed by atoms with Crippen molar-refractivity contribution in [2.75, 3.05) is 0 Å². The van der Waals surface area contributed by atoms with Gasteiger partial charge in [0.25, 0.3) is 0 Å². The maximum Gasteiger partial charge on any atom is 0.235 e. The molecule has 0 N–H and O–H groups in total.